The number of carbonyl (C=O) groups is 1. The highest BCUT2D eigenvalue weighted by atomic mass is 16.1. The molecule has 0 saturated heterocycles. The summed E-state index contributed by atoms with van der Waals surface area (Å²) in [5, 5.41) is 0. The van der Waals surface area contributed by atoms with Crippen molar-refractivity contribution in [3.63, 3.8) is 0 Å². The summed E-state index contributed by atoms with van der Waals surface area (Å²) in [4.78, 5) is 10.4. The molecular formula is C12H22O. The van der Waals surface area contributed by atoms with Crippen molar-refractivity contribution in [1.29, 1.82) is 0 Å². The van der Waals surface area contributed by atoms with Crippen LogP contribution < -0.4 is 0 Å². The molecule has 0 N–H and O–H groups in total. The van der Waals surface area contributed by atoms with Gasteiger partial charge in [-0.25, -0.2) is 0 Å². The van der Waals surface area contributed by atoms with Gasteiger partial charge in [-0.05, 0) is 6.42 Å². The summed E-state index contributed by atoms with van der Waals surface area (Å²) in [6.45, 7) is 5.85. The Labute approximate surface area is 82.2 Å². The standard InChI is InChI=1S/C12H22O/c1-3-5-6-7-8-9-10-12(4-2)11-13/h4,11-12H,2-3,5-10H2,1H3. The van der Waals surface area contributed by atoms with Gasteiger partial charge in [0.05, 0.1) is 0 Å². The van der Waals surface area contributed by atoms with E-state index >= 15 is 0 Å². The van der Waals surface area contributed by atoms with Gasteiger partial charge in [-0.15, -0.1) is 6.58 Å². The summed E-state index contributed by atoms with van der Waals surface area (Å²) in [7, 11) is 0. The van der Waals surface area contributed by atoms with Gasteiger partial charge < -0.3 is 4.79 Å². The molecule has 0 aliphatic heterocycles. The highest BCUT2D eigenvalue weighted by molar-refractivity contribution is 5.56. The van der Waals surface area contributed by atoms with Crippen LogP contribution in [0.1, 0.15) is 51.9 Å². The zero-order valence-electron chi connectivity index (χ0n) is 8.80. The molecule has 0 fully saturated rings. The first kappa shape index (κ1) is 12.4. The van der Waals surface area contributed by atoms with E-state index in [0.717, 1.165) is 12.7 Å². The predicted octanol–water partition coefficient (Wildman–Crippen LogP) is 3.74. The topological polar surface area (TPSA) is 17.1 Å². The summed E-state index contributed by atoms with van der Waals surface area (Å²) < 4.78 is 0. The van der Waals surface area contributed by atoms with E-state index in [1.165, 1.54) is 38.5 Å². The molecule has 0 radical (unpaired) electrons. The molecule has 0 bridgehead atoms. The molecule has 1 heteroatoms. The lowest BCUT2D eigenvalue weighted by Crippen LogP contribution is -1.96. The fraction of sp³-hybridized carbons (Fsp3) is 0.750. The Balaban J connectivity index is 3.14. The molecular weight excluding hydrogens is 160 g/mol. The van der Waals surface area contributed by atoms with E-state index in [1.807, 2.05) is 0 Å². The van der Waals surface area contributed by atoms with Crippen molar-refractivity contribution in [2.45, 2.75) is 51.9 Å². The normalized spacial score (nSPS) is 12.4. The second kappa shape index (κ2) is 9.50. The number of hydrogen-bond acceptors (Lipinski definition) is 1. The largest absolute Gasteiger partial charge is 0.303 e. The molecule has 13 heavy (non-hydrogen) atoms. The van der Waals surface area contributed by atoms with Gasteiger partial charge in [0.2, 0.25) is 0 Å². The van der Waals surface area contributed by atoms with Crippen LogP contribution in [0.25, 0.3) is 0 Å². The van der Waals surface area contributed by atoms with E-state index in [1.54, 1.807) is 6.08 Å². The fourth-order valence-corrected chi connectivity index (χ4v) is 1.40. The first-order valence-electron chi connectivity index (χ1n) is 5.43. The van der Waals surface area contributed by atoms with Gasteiger partial charge in [0.15, 0.2) is 0 Å². The van der Waals surface area contributed by atoms with Crippen LogP contribution in [0.2, 0.25) is 0 Å². The number of aldehydes is 1. The minimum atomic E-state index is 0.0891. The van der Waals surface area contributed by atoms with Crippen LogP contribution in [0, 0.1) is 5.92 Å². The lowest BCUT2D eigenvalue weighted by molar-refractivity contribution is -0.110. The number of allylic oxidation sites excluding steroid dienone is 1. The van der Waals surface area contributed by atoms with Gasteiger partial charge in [0.1, 0.15) is 6.29 Å². The van der Waals surface area contributed by atoms with E-state index in [9.17, 15) is 4.79 Å². The van der Waals surface area contributed by atoms with E-state index in [0.29, 0.717) is 0 Å². The number of carbonyl (C=O) groups excluding carboxylic acids is 1. The van der Waals surface area contributed by atoms with Crippen LogP contribution in [0.4, 0.5) is 0 Å². The van der Waals surface area contributed by atoms with Gasteiger partial charge in [-0.3, -0.25) is 0 Å². The minimum Gasteiger partial charge on any atom is -0.303 e. The van der Waals surface area contributed by atoms with Crippen molar-refractivity contribution in [2.75, 3.05) is 0 Å². The Morgan fingerprint density at radius 1 is 1.15 bits per heavy atom. The van der Waals surface area contributed by atoms with Crippen molar-refractivity contribution < 1.29 is 4.79 Å². The quantitative estimate of drug-likeness (QED) is 0.301. The third-order valence-corrected chi connectivity index (χ3v) is 2.37. The molecule has 1 atom stereocenters. The van der Waals surface area contributed by atoms with Crippen LogP contribution >= 0.6 is 0 Å². The molecule has 76 valence electrons. The van der Waals surface area contributed by atoms with Crippen molar-refractivity contribution in [3.8, 4) is 0 Å². The van der Waals surface area contributed by atoms with Gasteiger partial charge in [0, 0.05) is 5.92 Å². The summed E-state index contributed by atoms with van der Waals surface area (Å²) in [5.41, 5.74) is 0. The maximum absolute atomic E-state index is 10.4. The number of rotatable bonds is 9. The maximum atomic E-state index is 10.4. The van der Waals surface area contributed by atoms with Crippen molar-refractivity contribution in [1.82, 2.24) is 0 Å². The average molecular weight is 182 g/mol. The second-order valence-corrected chi connectivity index (χ2v) is 3.59. The highest BCUT2D eigenvalue weighted by Crippen LogP contribution is 2.11. The van der Waals surface area contributed by atoms with E-state index in [2.05, 4.69) is 13.5 Å². The van der Waals surface area contributed by atoms with Crippen LogP contribution in [-0.2, 0) is 4.79 Å². The molecule has 0 aliphatic rings. The van der Waals surface area contributed by atoms with E-state index in [-0.39, 0.29) is 5.92 Å². The van der Waals surface area contributed by atoms with Crippen LogP contribution in [-0.4, -0.2) is 6.29 Å². The summed E-state index contributed by atoms with van der Waals surface area (Å²) in [6.07, 6.45) is 11.5. The molecule has 0 heterocycles. The Bertz CT molecular complexity index is 121. The van der Waals surface area contributed by atoms with Gasteiger partial charge in [-0.2, -0.15) is 0 Å². The van der Waals surface area contributed by atoms with Gasteiger partial charge >= 0.3 is 0 Å². The Hall–Kier alpha value is -0.590. The van der Waals surface area contributed by atoms with Crippen LogP contribution in [0.3, 0.4) is 0 Å². The smallest absolute Gasteiger partial charge is 0.126 e. The third-order valence-electron chi connectivity index (χ3n) is 2.37. The molecule has 0 aromatic heterocycles. The fourth-order valence-electron chi connectivity index (χ4n) is 1.40. The minimum absolute atomic E-state index is 0.0891. The molecule has 0 aromatic carbocycles. The Morgan fingerprint density at radius 2 is 1.77 bits per heavy atom. The molecule has 0 aliphatic carbocycles. The molecule has 1 unspecified atom stereocenters. The first-order valence-corrected chi connectivity index (χ1v) is 5.43. The number of unbranched alkanes of at least 4 members (excludes halogenated alkanes) is 5. The average Bonchev–Trinajstić information content (AvgIpc) is 2.17. The summed E-state index contributed by atoms with van der Waals surface area (Å²) >= 11 is 0. The van der Waals surface area contributed by atoms with E-state index in [4.69, 9.17) is 0 Å². The van der Waals surface area contributed by atoms with Crippen molar-refractivity contribution in [2.24, 2.45) is 5.92 Å². The van der Waals surface area contributed by atoms with Gasteiger partial charge in [0.25, 0.3) is 0 Å². The monoisotopic (exact) mass is 182 g/mol. The maximum Gasteiger partial charge on any atom is 0.126 e. The summed E-state index contributed by atoms with van der Waals surface area (Å²) in [5.74, 6) is 0.0891. The first-order chi connectivity index (χ1) is 6.35. The van der Waals surface area contributed by atoms with Crippen molar-refractivity contribution >= 4 is 6.29 Å². The lowest BCUT2D eigenvalue weighted by atomic mass is 10.0. The zero-order valence-corrected chi connectivity index (χ0v) is 8.80. The number of hydrogen-bond donors (Lipinski definition) is 0. The molecule has 0 rings (SSSR count). The lowest BCUT2D eigenvalue weighted by Gasteiger charge is -2.03. The second-order valence-electron chi connectivity index (χ2n) is 3.59. The Morgan fingerprint density at radius 3 is 2.31 bits per heavy atom. The predicted molar refractivity (Wildman–Crippen MR) is 57.7 cm³/mol. The van der Waals surface area contributed by atoms with E-state index < -0.39 is 0 Å². The molecule has 1 nitrogen and oxygen atoms in total. The van der Waals surface area contributed by atoms with Gasteiger partial charge in [-0.1, -0.05) is 51.5 Å². The molecule has 0 amide bonds. The molecule has 0 aromatic rings. The SMILES string of the molecule is C=CC(C=O)CCCCCCCC. The highest BCUT2D eigenvalue weighted by Gasteiger charge is 2.00. The van der Waals surface area contributed by atoms with Crippen LogP contribution in [0.15, 0.2) is 12.7 Å². The third kappa shape index (κ3) is 7.76. The summed E-state index contributed by atoms with van der Waals surface area (Å²) in [6, 6.07) is 0. The molecule has 0 spiro atoms. The molecule has 0 saturated carbocycles. The van der Waals surface area contributed by atoms with Crippen LogP contribution in [0.5, 0.6) is 0 Å². The zero-order chi connectivity index (χ0) is 9.94. The van der Waals surface area contributed by atoms with Crippen molar-refractivity contribution in [3.05, 3.63) is 12.7 Å². The Kier molecular flexibility index (Phi) is 9.07.